The van der Waals surface area contributed by atoms with Gasteiger partial charge in [0.15, 0.2) is 0 Å². The molecule has 0 aromatic heterocycles. The van der Waals surface area contributed by atoms with Crippen LogP contribution in [0.3, 0.4) is 0 Å². The third kappa shape index (κ3) is 2.97. The molecule has 28 heavy (non-hydrogen) atoms. The molecule has 6 unspecified atom stereocenters. The molecule has 5 rings (SSSR count). The van der Waals surface area contributed by atoms with E-state index in [-0.39, 0.29) is 0 Å². The fraction of sp³-hybridized carbons (Fsp3) is 0.889. The Morgan fingerprint density at radius 2 is 1.61 bits per heavy atom. The van der Waals surface area contributed by atoms with Gasteiger partial charge in [-0.05, 0) is 116 Å². The lowest BCUT2D eigenvalue weighted by Gasteiger charge is -2.55. The summed E-state index contributed by atoms with van der Waals surface area (Å²) in [6.45, 7) is 9.91. The first-order valence-electron chi connectivity index (χ1n) is 12.5. The number of fused-ring (bicyclic) bond motifs is 3. The number of rotatable bonds is 3. The van der Waals surface area contributed by atoms with E-state index in [9.17, 15) is 0 Å². The minimum atomic E-state index is 0.443. The summed E-state index contributed by atoms with van der Waals surface area (Å²) in [5.74, 6) is 4.93. The van der Waals surface area contributed by atoms with Gasteiger partial charge in [0.25, 0.3) is 0 Å². The van der Waals surface area contributed by atoms with Gasteiger partial charge in [-0.1, -0.05) is 39.8 Å². The Morgan fingerprint density at radius 1 is 0.929 bits per heavy atom. The minimum Gasteiger partial charge on any atom is -0.309 e. The first-order valence-corrected chi connectivity index (χ1v) is 12.5. The molecule has 0 aliphatic heterocycles. The Kier molecular flexibility index (Phi) is 4.47. The maximum absolute atomic E-state index is 8.96. The predicted octanol–water partition coefficient (Wildman–Crippen LogP) is 7.66. The summed E-state index contributed by atoms with van der Waals surface area (Å²) in [4.78, 5) is 0. The molecule has 0 aromatic carbocycles. The van der Waals surface area contributed by atoms with Crippen molar-refractivity contribution in [3.8, 4) is 0 Å². The largest absolute Gasteiger partial charge is 0.309 e. The zero-order valence-corrected chi connectivity index (χ0v) is 18.9. The lowest BCUT2D eigenvalue weighted by molar-refractivity contribution is -0.0475. The van der Waals surface area contributed by atoms with Crippen LogP contribution in [-0.2, 0) is 0 Å². The van der Waals surface area contributed by atoms with Crippen molar-refractivity contribution >= 4 is 5.71 Å². The van der Waals surface area contributed by atoms with Crippen molar-refractivity contribution in [3.63, 3.8) is 0 Å². The topological polar surface area (TPSA) is 23.9 Å². The summed E-state index contributed by atoms with van der Waals surface area (Å²) in [7, 11) is 0. The summed E-state index contributed by atoms with van der Waals surface area (Å²) >= 11 is 0. The van der Waals surface area contributed by atoms with Crippen LogP contribution in [0.4, 0.5) is 0 Å². The van der Waals surface area contributed by atoms with Gasteiger partial charge in [0.2, 0.25) is 0 Å². The standard InChI is InChI=1S/C27H43N/c1-18-5-7-20(8-6-18)24(28)15-21-16-27(22-9-10-23(22)27)17-26(19(21)2)13-11-25(3,4)12-14-26/h5,7,18-23,28H,6,8-17H2,1-4H3. The maximum Gasteiger partial charge on any atom is 0.0160 e. The molecule has 4 fully saturated rings. The van der Waals surface area contributed by atoms with Crippen molar-refractivity contribution < 1.29 is 0 Å². The molecular weight excluding hydrogens is 338 g/mol. The number of hydrogen-bond donors (Lipinski definition) is 1. The van der Waals surface area contributed by atoms with E-state index in [0.717, 1.165) is 47.1 Å². The molecular formula is C27H43N. The molecule has 0 saturated heterocycles. The Morgan fingerprint density at radius 3 is 2.18 bits per heavy atom. The Hall–Kier alpha value is -0.590. The van der Waals surface area contributed by atoms with Crippen LogP contribution in [0.25, 0.3) is 0 Å². The lowest BCUT2D eigenvalue weighted by Crippen LogP contribution is -2.46. The van der Waals surface area contributed by atoms with Gasteiger partial charge in [-0.15, -0.1) is 0 Å². The maximum atomic E-state index is 8.96. The van der Waals surface area contributed by atoms with Crippen molar-refractivity contribution in [2.45, 2.75) is 98.3 Å². The predicted molar refractivity (Wildman–Crippen MR) is 119 cm³/mol. The molecule has 0 amide bonds. The normalized spacial score (nSPS) is 48.1. The minimum absolute atomic E-state index is 0.443. The average molecular weight is 382 g/mol. The molecule has 1 heteroatoms. The van der Waals surface area contributed by atoms with Crippen molar-refractivity contribution in [1.29, 1.82) is 5.41 Å². The molecule has 0 bridgehead atoms. The molecule has 0 radical (unpaired) electrons. The quantitative estimate of drug-likeness (QED) is 0.383. The second-order valence-corrected chi connectivity index (χ2v) is 12.8. The third-order valence-corrected chi connectivity index (χ3v) is 10.8. The van der Waals surface area contributed by atoms with Gasteiger partial charge in [-0.2, -0.15) is 0 Å². The van der Waals surface area contributed by atoms with E-state index in [1.54, 1.807) is 6.42 Å². The second kappa shape index (κ2) is 6.45. The molecule has 0 heterocycles. The van der Waals surface area contributed by atoms with Gasteiger partial charge in [0, 0.05) is 11.6 Å². The lowest BCUT2D eigenvalue weighted by atomic mass is 9.50. The van der Waals surface area contributed by atoms with Crippen LogP contribution >= 0.6 is 0 Å². The second-order valence-electron chi connectivity index (χ2n) is 12.8. The number of allylic oxidation sites excluding steroid dienone is 2. The third-order valence-electron chi connectivity index (χ3n) is 10.8. The summed E-state index contributed by atoms with van der Waals surface area (Å²) < 4.78 is 0. The SMILES string of the molecule is CC1C=CC(C(=N)CC2CC3(CC4(CCC(C)(C)CC4)C2C)C2CCC23)CC1. The van der Waals surface area contributed by atoms with Crippen LogP contribution in [0.2, 0.25) is 0 Å². The van der Waals surface area contributed by atoms with E-state index in [0.29, 0.717) is 16.7 Å². The van der Waals surface area contributed by atoms with Crippen molar-refractivity contribution in [1.82, 2.24) is 0 Å². The van der Waals surface area contributed by atoms with Gasteiger partial charge in [0.1, 0.15) is 0 Å². The van der Waals surface area contributed by atoms with Gasteiger partial charge in [0.05, 0.1) is 0 Å². The van der Waals surface area contributed by atoms with E-state index >= 15 is 0 Å². The molecule has 5 aliphatic rings. The molecule has 0 aromatic rings. The van der Waals surface area contributed by atoms with Crippen LogP contribution in [-0.4, -0.2) is 5.71 Å². The Labute approximate surface area is 173 Å². The molecule has 4 saturated carbocycles. The fourth-order valence-corrected chi connectivity index (χ4v) is 8.35. The fourth-order valence-electron chi connectivity index (χ4n) is 8.35. The Bertz CT molecular complexity index is 650. The molecule has 156 valence electrons. The molecule has 5 aliphatic carbocycles. The highest BCUT2D eigenvalue weighted by molar-refractivity contribution is 5.85. The van der Waals surface area contributed by atoms with Gasteiger partial charge in [-0.3, -0.25) is 0 Å². The molecule has 1 nitrogen and oxygen atoms in total. The molecule has 2 spiro atoms. The van der Waals surface area contributed by atoms with Crippen LogP contribution in [0.15, 0.2) is 12.2 Å². The van der Waals surface area contributed by atoms with Crippen molar-refractivity contribution in [3.05, 3.63) is 12.2 Å². The summed E-state index contributed by atoms with van der Waals surface area (Å²) in [5, 5.41) is 8.96. The van der Waals surface area contributed by atoms with E-state index in [4.69, 9.17) is 5.41 Å². The van der Waals surface area contributed by atoms with Crippen molar-refractivity contribution in [2.75, 3.05) is 0 Å². The van der Waals surface area contributed by atoms with E-state index < -0.39 is 0 Å². The monoisotopic (exact) mass is 381 g/mol. The highest BCUT2D eigenvalue weighted by Crippen LogP contribution is 2.80. The smallest absolute Gasteiger partial charge is 0.0160 e. The zero-order chi connectivity index (χ0) is 19.7. The molecule has 1 N–H and O–H groups in total. The van der Waals surface area contributed by atoms with Crippen LogP contribution in [0.5, 0.6) is 0 Å². The van der Waals surface area contributed by atoms with Crippen LogP contribution in [0, 0.1) is 57.2 Å². The average Bonchev–Trinajstić information content (AvgIpc) is 3.06. The summed E-state index contributed by atoms with van der Waals surface area (Å²) in [6, 6.07) is 0. The van der Waals surface area contributed by atoms with E-state index in [1.807, 2.05) is 0 Å². The summed E-state index contributed by atoms with van der Waals surface area (Å²) in [5.41, 5.74) is 2.95. The van der Waals surface area contributed by atoms with Gasteiger partial charge < -0.3 is 5.41 Å². The number of nitrogens with one attached hydrogen (secondary N) is 1. The zero-order valence-electron chi connectivity index (χ0n) is 18.9. The van der Waals surface area contributed by atoms with Gasteiger partial charge >= 0.3 is 0 Å². The van der Waals surface area contributed by atoms with Crippen LogP contribution in [0.1, 0.15) is 98.3 Å². The highest BCUT2D eigenvalue weighted by Gasteiger charge is 2.72. The van der Waals surface area contributed by atoms with Crippen molar-refractivity contribution in [2.24, 2.45) is 51.8 Å². The first kappa shape index (κ1) is 19.4. The highest BCUT2D eigenvalue weighted by atomic mass is 14.8. The van der Waals surface area contributed by atoms with Gasteiger partial charge in [-0.25, -0.2) is 0 Å². The number of hydrogen-bond acceptors (Lipinski definition) is 1. The van der Waals surface area contributed by atoms with E-state index in [2.05, 4.69) is 39.8 Å². The Balaban J connectivity index is 1.35. The summed E-state index contributed by atoms with van der Waals surface area (Å²) in [6.07, 6.45) is 20.2. The molecule has 6 atom stereocenters. The van der Waals surface area contributed by atoms with E-state index in [1.165, 1.54) is 57.8 Å². The first-order chi connectivity index (χ1) is 13.2. The van der Waals surface area contributed by atoms with Crippen LogP contribution < -0.4 is 0 Å².